The molecule has 0 saturated heterocycles. The van der Waals surface area contributed by atoms with Gasteiger partial charge in [-0.1, -0.05) is 72.8 Å². The zero-order valence-corrected chi connectivity index (χ0v) is 15.9. The highest BCUT2D eigenvalue weighted by atomic mass is 35.5. The Hall–Kier alpha value is -1.56. The van der Waals surface area contributed by atoms with Crippen molar-refractivity contribution < 1.29 is 0 Å². The molecule has 24 heavy (non-hydrogen) atoms. The smallest absolute Gasteiger partial charge is 0.210 e. The summed E-state index contributed by atoms with van der Waals surface area (Å²) < 4.78 is 0.941. The van der Waals surface area contributed by atoms with E-state index < -0.39 is 0 Å². The van der Waals surface area contributed by atoms with Crippen LogP contribution in [0, 0.1) is 0 Å². The fourth-order valence-corrected chi connectivity index (χ4v) is 4.09. The van der Waals surface area contributed by atoms with Crippen LogP contribution in [0.1, 0.15) is 30.9 Å². The Balaban J connectivity index is 1.59. The topological polar surface area (TPSA) is 37.8 Å². The minimum atomic E-state index is 0.537. The van der Waals surface area contributed by atoms with Crippen LogP contribution >= 0.6 is 34.7 Å². The molecular weight excluding hydrogens is 358 g/mol. The normalized spacial score (nSPS) is 11.0. The molecule has 0 aliphatic rings. The predicted octanol–water partition coefficient (Wildman–Crippen LogP) is 6.35. The summed E-state index contributed by atoms with van der Waals surface area (Å²) in [6.45, 7) is 4.38. The predicted molar refractivity (Wildman–Crippen MR) is 105 cm³/mol. The molecule has 0 radical (unpaired) electrons. The van der Waals surface area contributed by atoms with Crippen molar-refractivity contribution in [1.29, 1.82) is 0 Å². The fourth-order valence-electron chi connectivity index (χ4n) is 2.17. The molecule has 0 atom stereocenters. The Labute approximate surface area is 155 Å². The van der Waals surface area contributed by atoms with Crippen LogP contribution in [-0.2, 0) is 5.75 Å². The Morgan fingerprint density at radius 2 is 1.92 bits per heavy atom. The van der Waals surface area contributed by atoms with E-state index in [0.29, 0.717) is 5.92 Å². The highest BCUT2D eigenvalue weighted by Crippen LogP contribution is 2.30. The Morgan fingerprint density at radius 3 is 2.62 bits per heavy atom. The third-order valence-electron chi connectivity index (χ3n) is 3.49. The molecule has 0 unspecified atom stereocenters. The lowest BCUT2D eigenvalue weighted by Gasteiger charge is -2.06. The monoisotopic (exact) mass is 375 g/mol. The highest BCUT2D eigenvalue weighted by molar-refractivity contribution is 8.00. The average molecular weight is 376 g/mol. The number of anilines is 2. The van der Waals surface area contributed by atoms with E-state index in [4.69, 9.17) is 11.6 Å². The minimum absolute atomic E-state index is 0.537. The number of rotatable bonds is 6. The van der Waals surface area contributed by atoms with Crippen molar-refractivity contribution >= 4 is 45.5 Å². The fraction of sp³-hybridized carbons (Fsp3) is 0.222. The van der Waals surface area contributed by atoms with E-state index in [9.17, 15) is 0 Å². The molecule has 3 nitrogen and oxygen atoms in total. The van der Waals surface area contributed by atoms with Gasteiger partial charge in [0.05, 0.1) is 0 Å². The van der Waals surface area contributed by atoms with E-state index in [-0.39, 0.29) is 0 Å². The van der Waals surface area contributed by atoms with Gasteiger partial charge in [-0.3, -0.25) is 0 Å². The third-order valence-corrected chi connectivity index (χ3v) is 5.76. The van der Waals surface area contributed by atoms with Gasteiger partial charge in [0.1, 0.15) is 0 Å². The van der Waals surface area contributed by atoms with E-state index in [1.807, 2.05) is 18.2 Å². The first-order chi connectivity index (χ1) is 11.6. The molecule has 1 N–H and O–H groups in total. The van der Waals surface area contributed by atoms with Crippen molar-refractivity contribution in [2.45, 2.75) is 29.9 Å². The van der Waals surface area contributed by atoms with Crippen molar-refractivity contribution in [2.75, 3.05) is 5.32 Å². The lowest BCUT2D eigenvalue weighted by Crippen LogP contribution is -1.91. The van der Waals surface area contributed by atoms with Gasteiger partial charge >= 0.3 is 0 Å². The van der Waals surface area contributed by atoms with E-state index in [2.05, 4.69) is 59.7 Å². The van der Waals surface area contributed by atoms with Crippen LogP contribution in [0.15, 0.2) is 52.9 Å². The number of benzene rings is 2. The molecule has 0 spiro atoms. The number of aromatic nitrogens is 2. The van der Waals surface area contributed by atoms with Gasteiger partial charge in [-0.05, 0) is 41.3 Å². The zero-order chi connectivity index (χ0) is 16.9. The lowest BCUT2D eigenvalue weighted by molar-refractivity contribution is 0.867. The molecular formula is C18H18ClN3S2. The number of nitrogens with one attached hydrogen (secondary N) is 1. The maximum atomic E-state index is 6.01. The number of thioether (sulfide) groups is 1. The van der Waals surface area contributed by atoms with Gasteiger partial charge in [-0.15, -0.1) is 10.2 Å². The Morgan fingerprint density at radius 1 is 1.12 bits per heavy atom. The number of hydrogen-bond acceptors (Lipinski definition) is 5. The van der Waals surface area contributed by atoms with E-state index >= 15 is 0 Å². The second-order valence-corrected chi connectivity index (χ2v) is 8.33. The van der Waals surface area contributed by atoms with Crippen LogP contribution < -0.4 is 5.32 Å². The summed E-state index contributed by atoms with van der Waals surface area (Å²) in [4.78, 5) is 0. The summed E-state index contributed by atoms with van der Waals surface area (Å²) in [5, 5.41) is 13.3. The number of nitrogens with zero attached hydrogens (tertiary/aromatic N) is 2. The van der Waals surface area contributed by atoms with Gasteiger partial charge in [-0.2, -0.15) is 0 Å². The van der Waals surface area contributed by atoms with Gasteiger partial charge in [0.15, 0.2) is 4.34 Å². The van der Waals surface area contributed by atoms with E-state index in [1.165, 1.54) is 11.1 Å². The van der Waals surface area contributed by atoms with Gasteiger partial charge < -0.3 is 5.32 Å². The van der Waals surface area contributed by atoms with Crippen molar-refractivity contribution in [3.8, 4) is 0 Å². The largest absolute Gasteiger partial charge is 0.330 e. The molecule has 3 aromatic rings. The van der Waals surface area contributed by atoms with Crippen LogP contribution in [0.5, 0.6) is 0 Å². The molecule has 0 bridgehead atoms. The molecule has 2 aromatic carbocycles. The van der Waals surface area contributed by atoms with Crippen LogP contribution in [0.25, 0.3) is 0 Å². The maximum absolute atomic E-state index is 6.01. The second kappa shape index (κ2) is 8.01. The molecule has 0 fully saturated rings. The van der Waals surface area contributed by atoms with Crippen LogP contribution in [-0.4, -0.2) is 10.2 Å². The second-order valence-electron chi connectivity index (χ2n) is 5.69. The molecule has 0 aliphatic heterocycles. The van der Waals surface area contributed by atoms with E-state index in [0.717, 1.165) is 25.9 Å². The summed E-state index contributed by atoms with van der Waals surface area (Å²) >= 11 is 9.23. The first-order valence-corrected chi connectivity index (χ1v) is 9.86. The molecule has 3 rings (SSSR count). The first kappa shape index (κ1) is 17.3. The first-order valence-electron chi connectivity index (χ1n) is 7.68. The summed E-state index contributed by atoms with van der Waals surface area (Å²) in [5.41, 5.74) is 3.54. The minimum Gasteiger partial charge on any atom is -0.330 e. The van der Waals surface area contributed by atoms with Crippen molar-refractivity contribution in [1.82, 2.24) is 10.2 Å². The quantitative estimate of drug-likeness (QED) is 0.509. The summed E-state index contributed by atoms with van der Waals surface area (Å²) in [6.07, 6.45) is 0. The molecule has 0 saturated carbocycles. The average Bonchev–Trinajstić information content (AvgIpc) is 3.01. The van der Waals surface area contributed by atoms with Gasteiger partial charge in [0.2, 0.25) is 5.13 Å². The van der Waals surface area contributed by atoms with Gasteiger partial charge in [0, 0.05) is 16.5 Å². The molecule has 1 heterocycles. The third kappa shape index (κ3) is 4.72. The van der Waals surface area contributed by atoms with Crippen molar-refractivity contribution in [3.05, 3.63) is 64.7 Å². The van der Waals surface area contributed by atoms with E-state index in [1.54, 1.807) is 23.1 Å². The van der Waals surface area contributed by atoms with Gasteiger partial charge in [0.25, 0.3) is 0 Å². The van der Waals surface area contributed by atoms with Crippen molar-refractivity contribution in [2.24, 2.45) is 0 Å². The van der Waals surface area contributed by atoms with Gasteiger partial charge in [-0.25, -0.2) is 0 Å². The Kier molecular flexibility index (Phi) is 5.76. The molecule has 0 aliphatic carbocycles. The van der Waals surface area contributed by atoms with Crippen LogP contribution in [0.4, 0.5) is 10.8 Å². The summed E-state index contributed by atoms with van der Waals surface area (Å²) in [5.74, 6) is 1.37. The molecule has 0 amide bonds. The van der Waals surface area contributed by atoms with Crippen LogP contribution in [0.3, 0.4) is 0 Å². The molecule has 1 aromatic heterocycles. The highest BCUT2D eigenvalue weighted by Gasteiger charge is 2.06. The zero-order valence-electron chi connectivity index (χ0n) is 13.5. The maximum Gasteiger partial charge on any atom is 0.210 e. The SMILES string of the molecule is CC(C)c1ccc(Nc2nnc(SCc3cccc(Cl)c3)s2)cc1. The van der Waals surface area contributed by atoms with Crippen molar-refractivity contribution in [3.63, 3.8) is 0 Å². The molecule has 6 heteroatoms. The summed E-state index contributed by atoms with van der Waals surface area (Å²) in [6, 6.07) is 16.3. The standard InChI is InChI=1S/C18H18ClN3S2/c1-12(2)14-6-8-16(9-7-14)20-17-21-22-18(24-17)23-11-13-4-3-5-15(19)10-13/h3-10,12H,11H2,1-2H3,(H,20,21). The number of hydrogen-bond donors (Lipinski definition) is 1. The van der Waals surface area contributed by atoms with Crippen LogP contribution in [0.2, 0.25) is 5.02 Å². The molecule has 124 valence electrons. The summed E-state index contributed by atoms with van der Waals surface area (Å²) in [7, 11) is 0. The number of halogens is 1. The lowest BCUT2D eigenvalue weighted by atomic mass is 10.0. The Bertz CT molecular complexity index is 800.